The molecule has 1 aliphatic rings. The number of amides is 1. The first-order valence-corrected chi connectivity index (χ1v) is 7.38. The lowest BCUT2D eigenvalue weighted by atomic mass is 10.2. The highest BCUT2D eigenvalue weighted by atomic mass is 16.1. The van der Waals surface area contributed by atoms with E-state index in [-0.39, 0.29) is 11.9 Å². The van der Waals surface area contributed by atoms with Gasteiger partial charge in [0.05, 0.1) is 11.6 Å². The Morgan fingerprint density at radius 3 is 3.05 bits per heavy atom. The molecule has 0 saturated heterocycles. The molecule has 0 aromatic carbocycles. The van der Waals surface area contributed by atoms with Crippen molar-refractivity contribution in [1.29, 1.82) is 0 Å². The predicted octanol–water partition coefficient (Wildman–Crippen LogP) is 1.89. The first kappa shape index (κ1) is 13.7. The zero-order chi connectivity index (χ0) is 14.7. The Balaban J connectivity index is 1.75. The number of fused-ring (bicyclic) bond motifs is 1. The third-order valence-electron chi connectivity index (χ3n) is 3.80. The van der Waals surface area contributed by atoms with Crippen LogP contribution in [0.1, 0.15) is 54.2 Å². The normalized spacial score (nSPS) is 15.9. The molecule has 2 aromatic heterocycles. The minimum atomic E-state index is -0.169. The minimum absolute atomic E-state index is 0.137. The molecule has 2 aromatic rings. The molecular weight excluding hydrogens is 266 g/mol. The molecule has 1 amide bonds. The summed E-state index contributed by atoms with van der Waals surface area (Å²) in [6.45, 7) is 2.88. The van der Waals surface area contributed by atoms with E-state index in [2.05, 4.69) is 25.1 Å². The third-order valence-corrected chi connectivity index (χ3v) is 3.80. The number of hydrogen-bond acceptors (Lipinski definition) is 4. The van der Waals surface area contributed by atoms with Crippen molar-refractivity contribution < 1.29 is 4.79 Å². The third kappa shape index (κ3) is 2.94. The number of pyridine rings is 1. The van der Waals surface area contributed by atoms with Gasteiger partial charge in [-0.15, -0.1) is 10.2 Å². The summed E-state index contributed by atoms with van der Waals surface area (Å²) in [5.41, 5.74) is 0.556. The zero-order valence-electron chi connectivity index (χ0n) is 12.1. The molecular formula is C15H19N5O. The van der Waals surface area contributed by atoms with Crippen molar-refractivity contribution in [1.82, 2.24) is 25.1 Å². The number of carbonyl (C=O) groups excluding carboxylic acids is 1. The van der Waals surface area contributed by atoms with Crippen molar-refractivity contribution in [2.45, 2.75) is 45.2 Å². The van der Waals surface area contributed by atoms with Crippen LogP contribution >= 0.6 is 0 Å². The number of nitrogens with one attached hydrogen (secondary N) is 1. The summed E-state index contributed by atoms with van der Waals surface area (Å²) in [7, 11) is 0. The monoisotopic (exact) mass is 285 g/mol. The quantitative estimate of drug-likeness (QED) is 0.934. The van der Waals surface area contributed by atoms with Crippen molar-refractivity contribution in [3.8, 4) is 0 Å². The van der Waals surface area contributed by atoms with Gasteiger partial charge in [-0.05, 0) is 31.9 Å². The van der Waals surface area contributed by atoms with Gasteiger partial charge in [0, 0.05) is 25.4 Å². The predicted molar refractivity (Wildman–Crippen MR) is 77.7 cm³/mol. The number of hydrogen-bond donors (Lipinski definition) is 1. The molecule has 1 unspecified atom stereocenters. The number of carbonyl (C=O) groups is 1. The Morgan fingerprint density at radius 2 is 2.24 bits per heavy atom. The summed E-state index contributed by atoms with van der Waals surface area (Å²) in [4.78, 5) is 16.1. The van der Waals surface area contributed by atoms with Gasteiger partial charge in [-0.3, -0.25) is 9.78 Å². The summed E-state index contributed by atoms with van der Waals surface area (Å²) in [5, 5.41) is 11.5. The highest BCUT2D eigenvalue weighted by Crippen LogP contribution is 2.18. The first-order chi connectivity index (χ1) is 10.3. The van der Waals surface area contributed by atoms with Gasteiger partial charge in [-0.25, -0.2) is 0 Å². The van der Waals surface area contributed by atoms with Gasteiger partial charge in [0.15, 0.2) is 5.82 Å². The molecule has 0 saturated carbocycles. The number of aromatic nitrogens is 4. The van der Waals surface area contributed by atoms with Crippen LogP contribution in [0.4, 0.5) is 0 Å². The summed E-state index contributed by atoms with van der Waals surface area (Å²) in [5.74, 6) is 1.73. The highest BCUT2D eigenvalue weighted by molar-refractivity contribution is 5.93. The smallest absolute Gasteiger partial charge is 0.253 e. The van der Waals surface area contributed by atoms with Gasteiger partial charge in [-0.2, -0.15) is 0 Å². The molecule has 1 N–H and O–H groups in total. The Kier molecular flexibility index (Phi) is 3.94. The molecule has 6 nitrogen and oxygen atoms in total. The highest BCUT2D eigenvalue weighted by Gasteiger charge is 2.20. The van der Waals surface area contributed by atoms with E-state index in [1.54, 1.807) is 24.5 Å². The Hall–Kier alpha value is -2.24. The lowest BCUT2D eigenvalue weighted by Crippen LogP contribution is -2.29. The van der Waals surface area contributed by atoms with Gasteiger partial charge in [0.2, 0.25) is 0 Å². The molecule has 0 radical (unpaired) electrons. The van der Waals surface area contributed by atoms with Gasteiger partial charge in [-0.1, -0.05) is 6.42 Å². The Labute approximate surface area is 123 Å². The SMILES string of the molecule is CC(NC(=O)c1cccnc1)c1nnc2n1CCCCC2. The fraction of sp³-hybridized carbons (Fsp3) is 0.467. The van der Waals surface area contributed by atoms with Crippen LogP contribution in [0.3, 0.4) is 0 Å². The molecule has 1 atom stereocenters. The van der Waals surface area contributed by atoms with E-state index >= 15 is 0 Å². The molecule has 6 heteroatoms. The standard InChI is InChI=1S/C15H19N5O/c1-11(17-15(21)12-6-5-8-16-10-12)14-19-18-13-7-3-2-4-9-20(13)14/h5-6,8,10-11H,2-4,7,9H2,1H3,(H,17,21). The second-order valence-electron chi connectivity index (χ2n) is 5.37. The van der Waals surface area contributed by atoms with E-state index in [9.17, 15) is 4.79 Å². The molecule has 21 heavy (non-hydrogen) atoms. The van der Waals surface area contributed by atoms with Gasteiger partial charge >= 0.3 is 0 Å². The molecule has 0 spiro atoms. The molecule has 0 bridgehead atoms. The van der Waals surface area contributed by atoms with E-state index in [4.69, 9.17) is 0 Å². The fourth-order valence-corrected chi connectivity index (χ4v) is 2.67. The topological polar surface area (TPSA) is 72.7 Å². The zero-order valence-corrected chi connectivity index (χ0v) is 12.1. The second kappa shape index (κ2) is 6.03. The van der Waals surface area contributed by atoms with E-state index in [0.29, 0.717) is 5.56 Å². The largest absolute Gasteiger partial charge is 0.342 e. The summed E-state index contributed by atoms with van der Waals surface area (Å²) < 4.78 is 2.15. The van der Waals surface area contributed by atoms with Crippen molar-refractivity contribution in [3.63, 3.8) is 0 Å². The van der Waals surface area contributed by atoms with Crippen LogP contribution in [0.2, 0.25) is 0 Å². The van der Waals surface area contributed by atoms with Gasteiger partial charge < -0.3 is 9.88 Å². The van der Waals surface area contributed by atoms with Crippen LogP contribution in [-0.4, -0.2) is 25.7 Å². The average Bonchev–Trinajstić information content (AvgIpc) is 2.77. The minimum Gasteiger partial charge on any atom is -0.342 e. The van der Waals surface area contributed by atoms with Crippen LogP contribution in [0.15, 0.2) is 24.5 Å². The maximum absolute atomic E-state index is 12.2. The number of aryl methyl sites for hydroxylation is 1. The molecule has 3 rings (SSSR count). The lowest BCUT2D eigenvalue weighted by molar-refractivity contribution is 0.0937. The van der Waals surface area contributed by atoms with E-state index in [1.807, 2.05) is 6.92 Å². The fourth-order valence-electron chi connectivity index (χ4n) is 2.67. The van der Waals surface area contributed by atoms with Crippen LogP contribution in [0, 0.1) is 0 Å². The van der Waals surface area contributed by atoms with Crippen molar-refractivity contribution in [2.75, 3.05) is 0 Å². The molecule has 110 valence electrons. The van der Waals surface area contributed by atoms with E-state index in [1.165, 1.54) is 6.42 Å². The Morgan fingerprint density at radius 1 is 1.33 bits per heavy atom. The molecule has 0 fully saturated rings. The number of rotatable bonds is 3. The van der Waals surface area contributed by atoms with Crippen molar-refractivity contribution in [2.24, 2.45) is 0 Å². The van der Waals surface area contributed by atoms with E-state index < -0.39 is 0 Å². The van der Waals surface area contributed by atoms with Crippen LogP contribution in [0.5, 0.6) is 0 Å². The second-order valence-corrected chi connectivity index (χ2v) is 5.37. The molecule has 3 heterocycles. The number of nitrogens with zero attached hydrogens (tertiary/aromatic N) is 4. The van der Waals surface area contributed by atoms with Gasteiger partial charge in [0.25, 0.3) is 5.91 Å². The summed E-state index contributed by atoms with van der Waals surface area (Å²) >= 11 is 0. The Bertz CT molecular complexity index is 622. The van der Waals surface area contributed by atoms with Crippen LogP contribution < -0.4 is 5.32 Å². The van der Waals surface area contributed by atoms with Crippen molar-refractivity contribution in [3.05, 3.63) is 41.7 Å². The molecule has 1 aliphatic heterocycles. The van der Waals surface area contributed by atoms with Crippen LogP contribution in [-0.2, 0) is 13.0 Å². The lowest BCUT2D eigenvalue weighted by Gasteiger charge is -2.15. The first-order valence-electron chi connectivity index (χ1n) is 7.38. The van der Waals surface area contributed by atoms with Crippen LogP contribution in [0.25, 0.3) is 0 Å². The van der Waals surface area contributed by atoms with E-state index in [0.717, 1.165) is 37.5 Å². The maximum atomic E-state index is 12.2. The van der Waals surface area contributed by atoms with Crippen molar-refractivity contribution >= 4 is 5.91 Å². The molecule has 0 aliphatic carbocycles. The van der Waals surface area contributed by atoms with Gasteiger partial charge in [0.1, 0.15) is 5.82 Å². The summed E-state index contributed by atoms with van der Waals surface area (Å²) in [6, 6.07) is 3.33. The maximum Gasteiger partial charge on any atom is 0.253 e. The average molecular weight is 285 g/mol. The summed E-state index contributed by atoms with van der Waals surface area (Å²) in [6.07, 6.45) is 7.70.